The summed E-state index contributed by atoms with van der Waals surface area (Å²) < 4.78 is 5.69. The van der Waals surface area contributed by atoms with Crippen molar-refractivity contribution in [2.45, 2.75) is 6.92 Å². The molecule has 0 atom stereocenters. The quantitative estimate of drug-likeness (QED) is 0.546. The molecule has 0 bridgehead atoms. The number of anilines is 1. The van der Waals surface area contributed by atoms with Crippen LogP contribution in [0.1, 0.15) is 15.9 Å². The summed E-state index contributed by atoms with van der Waals surface area (Å²) >= 11 is 0. The second-order valence-corrected chi connectivity index (χ2v) is 5.48. The topological polar surface area (TPSA) is 94.4 Å². The smallest absolute Gasteiger partial charge is 0.273 e. The van der Waals surface area contributed by atoms with Crippen LogP contribution in [0.15, 0.2) is 66.9 Å². The van der Waals surface area contributed by atoms with Crippen molar-refractivity contribution in [2.75, 3.05) is 5.32 Å². The molecule has 0 saturated heterocycles. The van der Waals surface area contributed by atoms with Gasteiger partial charge in [0, 0.05) is 23.4 Å². The first-order valence-electron chi connectivity index (χ1n) is 7.79. The zero-order valence-electron chi connectivity index (χ0n) is 13.9. The summed E-state index contributed by atoms with van der Waals surface area (Å²) in [5.41, 5.74) is 0.923. The third-order valence-electron chi connectivity index (χ3n) is 3.65. The van der Waals surface area contributed by atoms with Crippen LogP contribution in [-0.2, 0) is 0 Å². The molecular weight excluding hydrogens is 334 g/mol. The molecule has 7 nitrogen and oxygen atoms in total. The number of carbonyl (C=O) groups excluding carboxylic acids is 1. The third-order valence-corrected chi connectivity index (χ3v) is 3.65. The normalized spacial score (nSPS) is 10.2. The van der Waals surface area contributed by atoms with E-state index < -0.39 is 10.8 Å². The summed E-state index contributed by atoms with van der Waals surface area (Å²) in [4.78, 5) is 27.2. The highest BCUT2D eigenvalue weighted by atomic mass is 16.6. The largest absolute Gasteiger partial charge is 0.437 e. The van der Waals surface area contributed by atoms with Crippen LogP contribution in [0, 0.1) is 17.0 Å². The number of benzene rings is 2. The molecule has 0 unspecified atom stereocenters. The monoisotopic (exact) mass is 349 g/mol. The minimum atomic E-state index is -0.514. The molecule has 1 amide bonds. The maximum Gasteiger partial charge on any atom is 0.273 e. The van der Waals surface area contributed by atoms with Gasteiger partial charge in [-0.25, -0.2) is 4.98 Å². The van der Waals surface area contributed by atoms with Crippen molar-refractivity contribution < 1.29 is 14.5 Å². The molecule has 0 aliphatic heterocycles. The number of pyridine rings is 1. The third kappa shape index (κ3) is 3.84. The lowest BCUT2D eigenvalue weighted by atomic mass is 10.1. The van der Waals surface area contributed by atoms with Gasteiger partial charge in [0.25, 0.3) is 11.6 Å². The fourth-order valence-corrected chi connectivity index (χ4v) is 2.31. The Labute approximate surface area is 149 Å². The molecule has 1 aromatic heterocycles. The number of nitro groups is 1. The van der Waals surface area contributed by atoms with E-state index in [1.54, 1.807) is 37.4 Å². The van der Waals surface area contributed by atoms with E-state index in [4.69, 9.17) is 4.74 Å². The van der Waals surface area contributed by atoms with E-state index in [0.717, 1.165) is 0 Å². The standard InChI is InChI=1S/C19H15N3O4/c1-13-9-10-14(12-17(13)22(24)25)18(23)21-16-8-5-11-20-19(16)26-15-6-3-2-4-7-15/h2-12H,1H3,(H,21,23). The minimum absolute atomic E-state index is 0.107. The fraction of sp³-hybridized carbons (Fsp3) is 0.0526. The lowest BCUT2D eigenvalue weighted by molar-refractivity contribution is -0.385. The van der Waals surface area contributed by atoms with Crippen molar-refractivity contribution >= 4 is 17.3 Å². The first-order valence-corrected chi connectivity index (χ1v) is 7.79. The Morgan fingerprint density at radius 3 is 2.62 bits per heavy atom. The Morgan fingerprint density at radius 1 is 1.12 bits per heavy atom. The highest BCUT2D eigenvalue weighted by molar-refractivity contribution is 6.05. The van der Waals surface area contributed by atoms with Gasteiger partial charge in [0.05, 0.1) is 4.92 Å². The Morgan fingerprint density at radius 2 is 1.88 bits per heavy atom. The minimum Gasteiger partial charge on any atom is -0.437 e. The van der Waals surface area contributed by atoms with Crippen LogP contribution in [0.4, 0.5) is 11.4 Å². The number of para-hydroxylation sites is 1. The van der Waals surface area contributed by atoms with Gasteiger partial charge >= 0.3 is 0 Å². The van der Waals surface area contributed by atoms with Crippen molar-refractivity contribution in [1.29, 1.82) is 0 Å². The first kappa shape index (κ1) is 17.1. The Hall–Kier alpha value is -3.74. The van der Waals surface area contributed by atoms with Crippen LogP contribution >= 0.6 is 0 Å². The number of nitro benzene ring substituents is 1. The van der Waals surface area contributed by atoms with Gasteiger partial charge in [-0.2, -0.15) is 0 Å². The van der Waals surface area contributed by atoms with Crippen molar-refractivity contribution in [3.05, 3.63) is 88.1 Å². The van der Waals surface area contributed by atoms with Crippen molar-refractivity contribution in [1.82, 2.24) is 4.98 Å². The van der Waals surface area contributed by atoms with E-state index in [0.29, 0.717) is 17.0 Å². The number of amides is 1. The van der Waals surface area contributed by atoms with Gasteiger partial charge in [0.1, 0.15) is 11.4 Å². The molecule has 0 spiro atoms. The second-order valence-electron chi connectivity index (χ2n) is 5.48. The van der Waals surface area contributed by atoms with Crippen LogP contribution in [0.3, 0.4) is 0 Å². The van der Waals surface area contributed by atoms with Crippen molar-refractivity contribution in [2.24, 2.45) is 0 Å². The molecule has 0 fully saturated rings. The molecule has 3 rings (SSSR count). The highest BCUT2D eigenvalue weighted by Crippen LogP contribution is 2.27. The lowest BCUT2D eigenvalue weighted by Crippen LogP contribution is -2.13. The molecule has 1 heterocycles. The number of carbonyl (C=O) groups is 1. The van der Waals surface area contributed by atoms with E-state index in [1.807, 2.05) is 18.2 Å². The number of nitrogens with one attached hydrogen (secondary N) is 1. The van der Waals surface area contributed by atoms with Gasteiger partial charge in [-0.05, 0) is 37.3 Å². The van der Waals surface area contributed by atoms with Crippen LogP contribution < -0.4 is 10.1 Å². The zero-order chi connectivity index (χ0) is 18.5. The van der Waals surface area contributed by atoms with Crippen LogP contribution in [-0.4, -0.2) is 15.8 Å². The van der Waals surface area contributed by atoms with Gasteiger partial charge in [0.15, 0.2) is 0 Å². The molecule has 130 valence electrons. The molecule has 1 N–H and O–H groups in total. The summed E-state index contributed by atoms with van der Waals surface area (Å²) in [6.07, 6.45) is 1.55. The van der Waals surface area contributed by atoms with Gasteiger partial charge in [-0.1, -0.05) is 24.3 Å². The predicted octanol–water partition coefficient (Wildman–Crippen LogP) is 4.34. The summed E-state index contributed by atoms with van der Waals surface area (Å²) in [6.45, 7) is 1.62. The fourth-order valence-electron chi connectivity index (χ4n) is 2.31. The summed E-state index contributed by atoms with van der Waals surface area (Å²) in [6, 6.07) is 16.7. The summed E-state index contributed by atoms with van der Waals surface area (Å²) in [5, 5.41) is 13.7. The van der Waals surface area contributed by atoms with Gasteiger partial charge in [0.2, 0.25) is 5.88 Å². The summed E-state index contributed by atoms with van der Waals surface area (Å²) in [7, 11) is 0. The maximum absolute atomic E-state index is 12.5. The van der Waals surface area contributed by atoms with Crippen molar-refractivity contribution in [3.63, 3.8) is 0 Å². The first-order chi connectivity index (χ1) is 12.5. The Balaban J connectivity index is 1.84. The maximum atomic E-state index is 12.5. The number of ether oxygens (including phenoxy) is 1. The van der Waals surface area contributed by atoms with Gasteiger partial charge in [-0.15, -0.1) is 0 Å². The Bertz CT molecular complexity index is 958. The van der Waals surface area contributed by atoms with E-state index in [2.05, 4.69) is 10.3 Å². The molecule has 0 aliphatic carbocycles. The number of hydrogen-bond donors (Lipinski definition) is 1. The number of aromatic nitrogens is 1. The lowest BCUT2D eigenvalue weighted by Gasteiger charge is -2.11. The zero-order valence-corrected chi connectivity index (χ0v) is 13.9. The van der Waals surface area contributed by atoms with E-state index >= 15 is 0 Å². The van der Waals surface area contributed by atoms with Gasteiger partial charge < -0.3 is 10.1 Å². The van der Waals surface area contributed by atoms with Gasteiger partial charge in [-0.3, -0.25) is 14.9 Å². The summed E-state index contributed by atoms with van der Waals surface area (Å²) in [5.74, 6) is 0.320. The SMILES string of the molecule is Cc1ccc(C(=O)Nc2cccnc2Oc2ccccc2)cc1[N+](=O)[O-]. The number of nitrogens with zero attached hydrogens (tertiary/aromatic N) is 2. The second kappa shape index (κ2) is 7.43. The molecule has 2 aromatic carbocycles. The van der Waals surface area contributed by atoms with E-state index in [-0.39, 0.29) is 17.1 Å². The molecule has 0 saturated carbocycles. The van der Waals surface area contributed by atoms with Crippen LogP contribution in [0.25, 0.3) is 0 Å². The molecular formula is C19H15N3O4. The average molecular weight is 349 g/mol. The average Bonchev–Trinajstić information content (AvgIpc) is 2.64. The molecule has 26 heavy (non-hydrogen) atoms. The van der Waals surface area contributed by atoms with E-state index in [9.17, 15) is 14.9 Å². The molecule has 7 heteroatoms. The number of rotatable bonds is 5. The highest BCUT2D eigenvalue weighted by Gasteiger charge is 2.16. The Kier molecular flexibility index (Phi) is 4.89. The van der Waals surface area contributed by atoms with Crippen molar-refractivity contribution in [3.8, 4) is 11.6 Å². The van der Waals surface area contributed by atoms with E-state index in [1.165, 1.54) is 18.2 Å². The number of aryl methyl sites for hydroxylation is 1. The van der Waals surface area contributed by atoms with Crippen LogP contribution in [0.5, 0.6) is 11.6 Å². The number of hydrogen-bond acceptors (Lipinski definition) is 5. The predicted molar refractivity (Wildman–Crippen MR) is 96.5 cm³/mol. The van der Waals surface area contributed by atoms with Crippen LogP contribution in [0.2, 0.25) is 0 Å². The molecule has 0 aliphatic rings. The molecule has 3 aromatic rings. The molecule has 0 radical (unpaired) electrons.